The summed E-state index contributed by atoms with van der Waals surface area (Å²) in [4.78, 5) is 16.6. The second kappa shape index (κ2) is 12.1. The van der Waals surface area contributed by atoms with Gasteiger partial charge >= 0.3 is 23.3 Å². The van der Waals surface area contributed by atoms with Crippen LogP contribution in [0.3, 0.4) is 0 Å². The van der Waals surface area contributed by atoms with Crippen molar-refractivity contribution in [2.75, 3.05) is 0 Å². The Morgan fingerprint density at radius 3 is 1.53 bits per heavy atom. The lowest BCUT2D eigenvalue weighted by Gasteiger charge is -2.34. The Kier molecular flexibility index (Phi) is 9.07. The van der Waals surface area contributed by atoms with Gasteiger partial charge in [-0.2, -0.15) is 39.5 Å². The van der Waals surface area contributed by atoms with E-state index >= 15 is 0 Å². The van der Waals surface area contributed by atoms with Crippen molar-refractivity contribution >= 4 is 43.0 Å². The third-order valence-electron chi connectivity index (χ3n) is 6.17. The van der Waals surface area contributed by atoms with Crippen molar-refractivity contribution < 1.29 is 56.9 Å². The molecular formula is C29H17F9O5S2. The first-order valence-corrected chi connectivity index (χ1v) is 14.9. The van der Waals surface area contributed by atoms with Crippen LogP contribution in [0.5, 0.6) is 0 Å². The smallest absolute Gasteiger partial charge is 0.460 e. The van der Waals surface area contributed by atoms with Gasteiger partial charge in [-0.25, -0.2) is 8.42 Å². The van der Waals surface area contributed by atoms with Crippen LogP contribution in [-0.2, 0) is 21.0 Å². The highest BCUT2D eigenvalue weighted by molar-refractivity contribution is 7.97. The molecule has 45 heavy (non-hydrogen) atoms. The van der Waals surface area contributed by atoms with Crippen molar-refractivity contribution in [2.45, 2.75) is 38.0 Å². The van der Waals surface area contributed by atoms with Gasteiger partial charge in [-0.1, -0.05) is 48.5 Å². The Bertz CT molecular complexity index is 1940. The molecule has 0 amide bonds. The summed E-state index contributed by atoms with van der Waals surface area (Å²) in [5, 5.41) is -5.87. The second-order valence-electron chi connectivity index (χ2n) is 9.14. The molecule has 238 valence electrons. The summed E-state index contributed by atoms with van der Waals surface area (Å²) in [5.74, 6) is -14.8. The van der Waals surface area contributed by atoms with Crippen molar-refractivity contribution in [2.24, 2.45) is 0 Å². The average Bonchev–Trinajstić information content (AvgIpc) is 2.98. The summed E-state index contributed by atoms with van der Waals surface area (Å²) in [6.45, 7) is 0. The number of benzene rings is 4. The fourth-order valence-corrected chi connectivity index (χ4v) is 6.51. The minimum atomic E-state index is -7.43. The SMILES string of the molecule is O=S(=O)([O-])C(F)(F)C(F)(F)C(F)(F)C(F)(F)F.O=c1c2ccccc2oc2ccc([S+](c3ccccc3)c3ccccc3)cc12. The largest absolute Gasteiger partial charge is 0.743 e. The molecule has 0 N–H and O–H groups in total. The third kappa shape index (κ3) is 6.26. The van der Waals surface area contributed by atoms with E-state index in [9.17, 15) is 57.3 Å². The molecule has 1 heterocycles. The van der Waals surface area contributed by atoms with E-state index in [4.69, 9.17) is 4.42 Å². The second-order valence-corrected chi connectivity index (χ2v) is 12.6. The number of hydrogen-bond donors (Lipinski definition) is 0. The van der Waals surface area contributed by atoms with Gasteiger partial charge in [-0.15, -0.1) is 0 Å². The third-order valence-corrected chi connectivity index (χ3v) is 9.27. The van der Waals surface area contributed by atoms with Gasteiger partial charge in [0.25, 0.3) is 0 Å². The maximum atomic E-state index is 13.1. The fraction of sp³-hybridized carbons (Fsp3) is 0.138. The van der Waals surface area contributed by atoms with Crippen LogP contribution >= 0.6 is 0 Å². The molecular weight excluding hydrogens is 663 g/mol. The normalized spacial score (nSPS) is 13.1. The Morgan fingerprint density at radius 2 is 1.04 bits per heavy atom. The highest BCUT2D eigenvalue weighted by Gasteiger charge is 2.83. The molecule has 0 aliphatic carbocycles. The minimum Gasteiger partial charge on any atom is -0.743 e. The maximum absolute atomic E-state index is 13.1. The summed E-state index contributed by atoms with van der Waals surface area (Å²) >= 11 is 0. The lowest BCUT2D eigenvalue weighted by atomic mass is 10.1. The molecule has 5 aromatic rings. The van der Waals surface area contributed by atoms with Crippen molar-refractivity contribution in [1.82, 2.24) is 0 Å². The van der Waals surface area contributed by atoms with Gasteiger partial charge in [-0.3, -0.25) is 4.79 Å². The molecule has 0 bridgehead atoms. The molecule has 5 nitrogen and oxygen atoms in total. The molecule has 0 saturated heterocycles. The fourth-order valence-electron chi connectivity index (χ4n) is 3.95. The van der Waals surface area contributed by atoms with Crippen molar-refractivity contribution in [3.05, 3.63) is 113 Å². The molecule has 0 radical (unpaired) electrons. The quantitative estimate of drug-likeness (QED) is 0.0786. The van der Waals surface area contributed by atoms with Gasteiger partial charge in [-0.05, 0) is 48.5 Å². The van der Waals surface area contributed by atoms with Crippen LogP contribution < -0.4 is 5.43 Å². The van der Waals surface area contributed by atoms with Crippen molar-refractivity contribution in [1.29, 1.82) is 0 Å². The van der Waals surface area contributed by atoms with Gasteiger partial charge in [0.15, 0.2) is 24.8 Å². The summed E-state index contributed by atoms with van der Waals surface area (Å²) in [7, 11) is -7.71. The van der Waals surface area contributed by atoms with E-state index in [1.807, 2.05) is 48.5 Å². The monoisotopic (exact) mass is 680 g/mol. The molecule has 5 rings (SSSR count). The minimum absolute atomic E-state index is 0.0170. The number of alkyl halides is 9. The van der Waals surface area contributed by atoms with E-state index in [2.05, 4.69) is 54.6 Å². The van der Waals surface area contributed by atoms with Crippen LogP contribution in [0.4, 0.5) is 39.5 Å². The first kappa shape index (κ1) is 33.9. The predicted octanol–water partition coefficient (Wildman–Crippen LogP) is 8.00. The number of rotatable bonds is 6. The number of hydrogen-bond acceptors (Lipinski definition) is 5. The van der Waals surface area contributed by atoms with Gasteiger partial charge < -0.3 is 8.97 Å². The number of halogens is 9. The van der Waals surface area contributed by atoms with Crippen LogP contribution in [0.1, 0.15) is 0 Å². The first-order chi connectivity index (χ1) is 20.8. The molecule has 0 unspecified atom stereocenters. The summed E-state index contributed by atoms with van der Waals surface area (Å²) < 4.78 is 141. The Hall–Kier alpha value is -4.02. The van der Waals surface area contributed by atoms with Crippen molar-refractivity contribution in [3.63, 3.8) is 0 Å². The molecule has 4 aromatic carbocycles. The highest BCUT2D eigenvalue weighted by atomic mass is 32.2. The van der Waals surface area contributed by atoms with E-state index < -0.39 is 33.4 Å². The maximum Gasteiger partial charge on any atom is 0.460 e. The van der Waals surface area contributed by atoms with Crippen LogP contribution in [0.25, 0.3) is 21.9 Å². The van der Waals surface area contributed by atoms with E-state index in [1.54, 1.807) is 0 Å². The van der Waals surface area contributed by atoms with Gasteiger partial charge in [0, 0.05) is 6.07 Å². The van der Waals surface area contributed by atoms with Crippen LogP contribution in [0.2, 0.25) is 0 Å². The van der Waals surface area contributed by atoms with Crippen LogP contribution in [0.15, 0.2) is 127 Å². The zero-order chi connectivity index (χ0) is 33.4. The predicted molar refractivity (Wildman–Crippen MR) is 146 cm³/mol. The average molecular weight is 681 g/mol. The summed E-state index contributed by atoms with van der Waals surface area (Å²) in [6, 6.07) is 34.2. The molecule has 0 aliphatic rings. The zero-order valence-electron chi connectivity index (χ0n) is 22.1. The molecule has 1 aromatic heterocycles. The molecule has 0 atom stereocenters. The van der Waals surface area contributed by atoms with E-state index in [0.717, 1.165) is 4.90 Å². The first-order valence-electron chi connectivity index (χ1n) is 12.3. The molecule has 0 fully saturated rings. The van der Waals surface area contributed by atoms with E-state index in [0.29, 0.717) is 21.9 Å². The van der Waals surface area contributed by atoms with Crippen molar-refractivity contribution in [3.8, 4) is 0 Å². The van der Waals surface area contributed by atoms with Crippen LogP contribution in [0, 0.1) is 0 Å². The summed E-state index contributed by atoms with van der Waals surface area (Å²) in [5.41, 5.74) is 1.26. The Balaban J connectivity index is 0.000000236. The molecule has 16 heteroatoms. The number of fused-ring (bicyclic) bond motifs is 2. The Labute approximate surface area is 251 Å². The Morgan fingerprint density at radius 1 is 0.578 bits per heavy atom. The highest BCUT2D eigenvalue weighted by Crippen LogP contribution is 2.54. The van der Waals surface area contributed by atoms with Crippen LogP contribution in [-0.4, -0.2) is 36.2 Å². The van der Waals surface area contributed by atoms with Gasteiger partial charge in [0.05, 0.1) is 21.7 Å². The topological polar surface area (TPSA) is 87.4 Å². The molecule has 0 spiro atoms. The summed E-state index contributed by atoms with van der Waals surface area (Å²) in [6.07, 6.45) is -7.16. The standard InChI is InChI=1S/C25H17O2S.C4HF9O3S/c26-25-21-13-7-8-14-23(21)27-24-16-15-20(17-22(24)25)28(18-9-3-1-4-10-18)19-11-5-2-6-12-19;5-1(6,3(9,10)11)2(7,8)4(12,13)17(14,15)16/h1-17H;(H,14,15,16)/q+1;/p-1. The van der Waals surface area contributed by atoms with Gasteiger partial charge in [0.2, 0.25) is 5.43 Å². The zero-order valence-corrected chi connectivity index (χ0v) is 23.7. The van der Waals surface area contributed by atoms with Gasteiger partial charge in [0.1, 0.15) is 11.2 Å². The van der Waals surface area contributed by atoms with E-state index in [1.165, 1.54) is 9.79 Å². The lowest BCUT2D eigenvalue weighted by Crippen LogP contribution is -2.63. The van der Waals surface area contributed by atoms with E-state index in [-0.39, 0.29) is 16.3 Å². The lowest BCUT2D eigenvalue weighted by molar-refractivity contribution is -0.382. The molecule has 0 aliphatic heterocycles. The molecule has 0 saturated carbocycles. The number of para-hydroxylation sites is 1.